The molecule has 4 bridgehead atoms. The SMILES string of the molecule is C[C@@H](c1ccc(Br)cc1)N1CCC2(OC1=O)C1CC3CC2CC(O)(C3)C1. The Morgan fingerprint density at radius 1 is 1.19 bits per heavy atom. The van der Waals surface area contributed by atoms with Crippen molar-refractivity contribution >= 4 is 22.0 Å². The first-order valence-electron chi connectivity index (χ1n) is 9.86. The molecule has 0 aromatic heterocycles. The van der Waals surface area contributed by atoms with Crippen molar-refractivity contribution in [3.05, 3.63) is 34.3 Å². The summed E-state index contributed by atoms with van der Waals surface area (Å²) in [4.78, 5) is 14.9. The minimum Gasteiger partial charge on any atom is -0.442 e. The van der Waals surface area contributed by atoms with Gasteiger partial charge in [0, 0.05) is 29.3 Å². The molecule has 4 aliphatic carbocycles. The van der Waals surface area contributed by atoms with Gasteiger partial charge in [-0.05, 0) is 62.6 Å². The van der Waals surface area contributed by atoms with Crippen LogP contribution in [0.3, 0.4) is 0 Å². The third-order valence-corrected chi connectivity index (χ3v) is 8.14. The number of aliphatic hydroxyl groups is 1. The highest BCUT2D eigenvalue weighted by Crippen LogP contribution is 2.62. The molecule has 2 unspecified atom stereocenters. The van der Waals surface area contributed by atoms with Crippen molar-refractivity contribution in [2.24, 2.45) is 17.8 Å². The maximum absolute atomic E-state index is 13.0. The molecule has 1 aromatic rings. The van der Waals surface area contributed by atoms with Gasteiger partial charge >= 0.3 is 6.09 Å². The largest absolute Gasteiger partial charge is 0.442 e. The lowest BCUT2D eigenvalue weighted by Gasteiger charge is -2.64. The molecule has 1 aliphatic heterocycles. The smallest absolute Gasteiger partial charge is 0.410 e. The minimum atomic E-state index is -0.490. The number of ether oxygens (including phenoxy) is 1. The van der Waals surface area contributed by atoms with E-state index in [1.807, 2.05) is 17.0 Å². The molecule has 140 valence electrons. The fraction of sp³-hybridized carbons (Fsp3) is 0.667. The summed E-state index contributed by atoms with van der Waals surface area (Å²) < 4.78 is 7.28. The summed E-state index contributed by atoms with van der Waals surface area (Å²) >= 11 is 3.46. The molecule has 1 aromatic carbocycles. The molecule has 5 fully saturated rings. The maximum Gasteiger partial charge on any atom is 0.410 e. The second kappa shape index (κ2) is 5.71. The maximum atomic E-state index is 13.0. The van der Waals surface area contributed by atoms with Crippen molar-refractivity contribution in [2.75, 3.05) is 6.54 Å². The summed E-state index contributed by atoms with van der Waals surface area (Å²) in [7, 11) is 0. The number of rotatable bonds is 2. The van der Waals surface area contributed by atoms with E-state index in [0.717, 1.165) is 55.1 Å². The molecule has 26 heavy (non-hydrogen) atoms. The van der Waals surface area contributed by atoms with Gasteiger partial charge in [0.05, 0.1) is 11.6 Å². The lowest BCUT2D eigenvalue weighted by molar-refractivity contribution is -0.240. The van der Waals surface area contributed by atoms with Crippen molar-refractivity contribution in [3.63, 3.8) is 0 Å². The highest BCUT2D eigenvalue weighted by atomic mass is 79.9. The van der Waals surface area contributed by atoms with Crippen LogP contribution in [0.25, 0.3) is 0 Å². The van der Waals surface area contributed by atoms with E-state index < -0.39 is 5.60 Å². The van der Waals surface area contributed by atoms with Crippen molar-refractivity contribution in [1.29, 1.82) is 0 Å². The third-order valence-electron chi connectivity index (χ3n) is 7.61. The summed E-state index contributed by atoms with van der Waals surface area (Å²) in [5, 5.41) is 10.8. The Hall–Kier alpha value is -1.07. The van der Waals surface area contributed by atoms with E-state index in [2.05, 4.69) is 35.0 Å². The van der Waals surface area contributed by atoms with Crippen LogP contribution in [-0.2, 0) is 4.74 Å². The van der Waals surface area contributed by atoms with Crippen molar-refractivity contribution in [1.82, 2.24) is 4.90 Å². The van der Waals surface area contributed by atoms with Gasteiger partial charge in [0.1, 0.15) is 5.60 Å². The topological polar surface area (TPSA) is 49.8 Å². The molecular weight excluding hydrogens is 394 g/mol. The van der Waals surface area contributed by atoms with Crippen molar-refractivity contribution < 1.29 is 14.6 Å². The van der Waals surface area contributed by atoms with Gasteiger partial charge in [0.25, 0.3) is 0 Å². The van der Waals surface area contributed by atoms with Crippen LogP contribution >= 0.6 is 15.9 Å². The van der Waals surface area contributed by atoms with Gasteiger partial charge in [-0.25, -0.2) is 4.79 Å². The van der Waals surface area contributed by atoms with Crippen LogP contribution in [0.2, 0.25) is 0 Å². The van der Waals surface area contributed by atoms with E-state index in [9.17, 15) is 9.90 Å². The third kappa shape index (κ3) is 2.46. The first-order chi connectivity index (χ1) is 12.4. The van der Waals surface area contributed by atoms with E-state index in [-0.39, 0.29) is 17.7 Å². The fourth-order valence-electron chi connectivity index (χ4n) is 6.52. The molecule has 1 N–H and O–H groups in total. The number of carbonyl (C=O) groups excluding carboxylic acids is 1. The van der Waals surface area contributed by atoms with Crippen LogP contribution in [0.15, 0.2) is 28.7 Å². The fourth-order valence-corrected chi connectivity index (χ4v) is 6.79. The Kier molecular flexibility index (Phi) is 3.75. The van der Waals surface area contributed by atoms with E-state index >= 15 is 0 Å². The van der Waals surface area contributed by atoms with Crippen LogP contribution in [0, 0.1) is 17.8 Å². The molecule has 4 nitrogen and oxygen atoms in total. The standard InChI is InChI=1S/C21H26BrNO3/c1-13(15-2-4-18(22)5-3-15)23-7-6-21(26-19(23)24)16-8-14-9-17(21)12-20(25,10-14)11-16/h2-5,13-14,16-17,25H,6-12H2,1H3/t13-,14?,16?,17?,20?,21?/m0/s1. The average Bonchev–Trinajstić information content (AvgIpc) is 2.59. The van der Waals surface area contributed by atoms with Crippen molar-refractivity contribution in [2.45, 2.75) is 62.7 Å². The Bertz CT molecular complexity index is 717. The summed E-state index contributed by atoms with van der Waals surface area (Å²) in [6.07, 6.45) is 5.55. The van der Waals surface area contributed by atoms with Crippen LogP contribution in [-0.4, -0.2) is 33.8 Å². The second-order valence-electron chi connectivity index (χ2n) is 9.06. The normalized spacial score (nSPS) is 42.2. The zero-order valence-electron chi connectivity index (χ0n) is 15.2. The zero-order valence-corrected chi connectivity index (χ0v) is 16.7. The number of benzene rings is 1. The van der Waals surface area contributed by atoms with Crippen molar-refractivity contribution in [3.8, 4) is 0 Å². The second-order valence-corrected chi connectivity index (χ2v) is 9.98. The first-order valence-corrected chi connectivity index (χ1v) is 10.7. The molecule has 5 heteroatoms. The van der Waals surface area contributed by atoms with Gasteiger partial charge in [-0.3, -0.25) is 0 Å². The Labute approximate surface area is 163 Å². The predicted octanol–water partition coefficient (Wildman–Crippen LogP) is 4.66. The van der Waals surface area contributed by atoms with Gasteiger partial charge in [-0.1, -0.05) is 28.1 Å². The number of hydrogen-bond donors (Lipinski definition) is 1. The van der Waals surface area contributed by atoms with Gasteiger partial charge in [0.15, 0.2) is 0 Å². The Morgan fingerprint density at radius 2 is 1.85 bits per heavy atom. The number of nitrogens with zero attached hydrogens (tertiary/aromatic N) is 1. The van der Waals surface area contributed by atoms with Gasteiger partial charge < -0.3 is 14.7 Å². The predicted molar refractivity (Wildman–Crippen MR) is 102 cm³/mol. The lowest BCUT2D eigenvalue weighted by Crippen LogP contribution is -2.67. The van der Waals surface area contributed by atoms with Gasteiger partial charge in [0.2, 0.25) is 0 Å². The van der Waals surface area contributed by atoms with Crippen LogP contribution in [0.4, 0.5) is 4.79 Å². The number of halogens is 1. The summed E-state index contributed by atoms with van der Waals surface area (Å²) in [6, 6.07) is 8.16. The summed E-state index contributed by atoms with van der Waals surface area (Å²) in [5.41, 5.74) is 0.312. The van der Waals surface area contributed by atoms with Crippen LogP contribution in [0.1, 0.15) is 57.1 Å². The molecule has 6 rings (SSSR count). The lowest BCUT2D eigenvalue weighted by atomic mass is 9.47. The number of amides is 1. The Balaban J connectivity index is 1.36. The van der Waals surface area contributed by atoms with E-state index in [4.69, 9.17) is 4.74 Å². The molecule has 3 atom stereocenters. The Morgan fingerprint density at radius 3 is 2.42 bits per heavy atom. The average molecular weight is 420 g/mol. The van der Waals surface area contributed by atoms with Gasteiger partial charge in [-0.15, -0.1) is 0 Å². The summed E-state index contributed by atoms with van der Waals surface area (Å²) in [6.45, 7) is 2.81. The van der Waals surface area contributed by atoms with E-state index in [1.54, 1.807) is 0 Å². The molecule has 1 heterocycles. The molecule has 1 spiro atoms. The highest BCUT2D eigenvalue weighted by molar-refractivity contribution is 9.10. The monoisotopic (exact) mass is 419 g/mol. The molecule has 1 amide bonds. The zero-order chi connectivity index (χ0) is 18.1. The molecule has 5 aliphatic rings. The summed E-state index contributed by atoms with van der Waals surface area (Å²) in [5.74, 6) is 1.31. The molecular formula is C21H26BrNO3. The first kappa shape index (κ1) is 17.1. The number of hydrogen-bond acceptors (Lipinski definition) is 3. The number of carbonyl (C=O) groups is 1. The van der Waals surface area contributed by atoms with Gasteiger partial charge in [-0.2, -0.15) is 0 Å². The van der Waals surface area contributed by atoms with E-state index in [0.29, 0.717) is 17.8 Å². The molecule has 4 saturated carbocycles. The molecule has 1 saturated heterocycles. The molecule has 0 radical (unpaired) electrons. The van der Waals surface area contributed by atoms with E-state index in [1.165, 1.54) is 0 Å². The van der Waals surface area contributed by atoms with Crippen LogP contribution in [0.5, 0.6) is 0 Å². The highest BCUT2D eigenvalue weighted by Gasteiger charge is 2.64. The quantitative estimate of drug-likeness (QED) is 0.757. The van der Waals surface area contributed by atoms with Crippen LogP contribution < -0.4 is 0 Å². The minimum absolute atomic E-state index is 0.00830.